The SMILES string of the molecule is CN(C)C(C)(C)CNCC(=O)N1CCCC1. The molecule has 1 aliphatic rings. The van der Waals surface area contributed by atoms with Crippen molar-refractivity contribution in [3.63, 3.8) is 0 Å². The maximum absolute atomic E-state index is 11.8. The Bertz CT molecular complexity index is 232. The number of carbonyl (C=O) groups excluding carboxylic acids is 1. The largest absolute Gasteiger partial charge is 0.342 e. The molecule has 0 aromatic heterocycles. The molecule has 0 aromatic carbocycles. The molecule has 94 valence electrons. The Hall–Kier alpha value is -0.610. The molecule has 0 radical (unpaired) electrons. The summed E-state index contributed by atoms with van der Waals surface area (Å²) in [5.74, 6) is 0.243. The van der Waals surface area contributed by atoms with Crippen molar-refractivity contribution in [3.8, 4) is 0 Å². The van der Waals surface area contributed by atoms with E-state index in [1.54, 1.807) is 0 Å². The van der Waals surface area contributed by atoms with Crippen LogP contribution in [0.1, 0.15) is 26.7 Å². The van der Waals surface area contributed by atoms with Crippen LogP contribution in [0.4, 0.5) is 0 Å². The molecule has 0 atom stereocenters. The van der Waals surface area contributed by atoms with Crippen molar-refractivity contribution in [2.24, 2.45) is 0 Å². The van der Waals surface area contributed by atoms with Crippen LogP contribution in [0.5, 0.6) is 0 Å². The van der Waals surface area contributed by atoms with E-state index in [9.17, 15) is 4.79 Å². The van der Waals surface area contributed by atoms with Gasteiger partial charge < -0.3 is 15.1 Å². The molecule has 4 heteroatoms. The zero-order chi connectivity index (χ0) is 12.2. The average Bonchev–Trinajstić information content (AvgIpc) is 2.69. The zero-order valence-electron chi connectivity index (χ0n) is 11.0. The van der Waals surface area contributed by atoms with Gasteiger partial charge in [-0.3, -0.25) is 4.79 Å². The van der Waals surface area contributed by atoms with Gasteiger partial charge in [0.25, 0.3) is 0 Å². The van der Waals surface area contributed by atoms with E-state index in [-0.39, 0.29) is 11.4 Å². The number of hydrogen-bond acceptors (Lipinski definition) is 3. The van der Waals surface area contributed by atoms with E-state index in [2.05, 4.69) is 38.2 Å². The van der Waals surface area contributed by atoms with Crippen LogP contribution in [-0.2, 0) is 4.79 Å². The second-order valence-electron chi connectivity index (χ2n) is 5.40. The van der Waals surface area contributed by atoms with E-state index in [0.29, 0.717) is 6.54 Å². The maximum Gasteiger partial charge on any atom is 0.236 e. The van der Waals surface area contributed by atoms with Gasteiger partial charge in [0.15, 0.2) is 0 Å². The third kappa shape index (κ3) is 3.76. The minimum Gasteiger partial charge on any atom is -0.342 e. The van der Waals surface area contributed by atoms with Crippen molar-refractivity contribution in [2.45, 2.75) is 32.2 Å². The number of likely N-dealkylation sites (tertiary alicyclic amines) is 1. The van der Waals surface area contributed by atoms with Gasteiger partial charge in [0.2, 0.25) is 5.91 Å². The predicted molar refractivity (Wildman–Crippen MR) is 66.4 cm³/mol. The standard InChI is InChI=1S/C12H25N3O/c1-12(2,14(3)4)10-13-9-11(16)15-7-5-6-8-15/h13H,5-10H2,1-4H3. The van der Waals surface area contributed by atoms with Crippen LogP contribution in [0, 0.1) is 0 Å². The highest BCUT2D eigenvalue weighted by atomic mass is 16.2. The summed E-state index contributed by atoms with van der Waals surface area (Å²) in [6.45, 7) is 7.52. The molecule has 0 saturated carbocycles. The summed E-state index contributed by atoms with van der Waals surface area (Å²) in [6.07, 6.45) is 2.32. The van der Waals surface area contributed by atoms with Gasteiger partial charge in [0.1, 0.15) is 0 Å². The monoisotopic (exact) mass is 227 g/mol. The quantitative estimate of drug-likeness (QED) is 0.744. The van der Waals surface area contributed by atoms with Crippen molar-refractivity contribution < 1.29 is 4.79 Å². The summed E-state index contributed by atoms with van der Waals surface area (Å²) in [5, 5.41) is 3.25. The normalized spacial score (nSPS) is 17.2. The number of amides is 1. The minimum atomic E-state index is 0.0886. The lowest BCUT2D eigenvalue weighted by Gasteiger charge is -2.32. The minimum absolute atomic E-state index is 0.0886. The molecule has 0 bridgehead atoms. The van der Waals surface area contributed by atoms with Crippen LogP contribution in [0.3, 0.4) is 0 Å². The lowest BCUT2D eigenvalue weighted by Crippen LogP contribution is -2.48. The van der Waals surface area contributed by atoms with Gasteiger partial charge in [0, 0.05) is 25.2 Å². The molecule has 1 fully saturated rings. The van der Waals surface area contributed by atoms with Gasteiger partial charge in [-0.05, 0) is 40.8 Å². The van der Waals surface area contributed by atoms with Crippen molar-refractivity contribution in [1.29, 1.82) is 0 Å². The van der Waals surface area contributed by atoms with Crippen LogP contribution < -0.4 is 5.32 Å². The number of nitrogens with zero attached hydrogens (tertiary/aromatic N) is 2. The molecule has 0 unspecified atom stereocenters. The van der Waals surface area contributed by atoms with Gasteiger partial charge in [-0.2, -0.15) is 0 Å². The third-order valence-corrected chi connectivity index (χ3v) is 3.50. The second kappa shape index (κ2) is 5.64. The molecule has 0 aromatic rings. The predicted octanol–water partition coefficient (Wildman–Crippen LogP) is 0.539. The molecule has 1 N–H and O–H groups in total. The van der Waals surface area contributed by atoms with Crippen LogP contribution in [-0.4, -0.2) is 61.5 Å². The van der Waals surface area contributed by atoms with Gasteiger partial charge >= 0.3 is 0 Å². The topological polar surface area (TPSA) is 35.6 Å². The highest BCUT2D eigenvalue weighted by molar-refractivity contribution is 5.78. The van der Waals surface area contributed by atoms with Crippen LogP contribution in [0.25, 0.3) is 0 Å². The van der Waals surface area contributed by atoms with E-state index in [0.717, 1.165) is 32.5 Å². The van der Waals surface area contributed by atoms with E-state index >= 15 is 0 Å². The van der Waals surface area contributed by atoms with E-state index < -0.39 is 0 Å². The fourth-order valence-corrected chi connectivity index (χ4v) is 1.71. The summed E-state index contributed by atoms with van der Waals surface area (Å²) in [5.41, 5.74) is 0.0886. The van der Waals surface area contributed by atoms with Gasteiger partial charge in [-0.1, -0.05) is 0 Å². The van der Waals surface area contributed by atoms with Gasteiger partial charge in [0.05, 0.1) is 6.54 Å². The maximum atomic E-state index is 11.8. The zero-order valence-corrected chi connectivity index (χ0v) is 11.0. The molecular formula is C12H25N3O. The number of rotatable bonds is 5. The van der Waals surface area contributed by atoms with Crippen LogP contribution >= 0.6 is 0 Å². The van der Waals surface area contributed by atoms with Crippen molar-refractivity contribution >= 4 is 5.91 Å². The van der Waals surface area contributed by atoms with Crippen molar-refractivity contribution in [2.75, 3.05) is 40.3 Å². The summed E-state index contributed by atoms with van der Waals surface area (Å²) in [4.78, 5) is 15.9. The Morgan fingerprint density at radius 2 is 1.88 bits per heavy atom. The van der Waals surface area contributed by atoms with Gasteiger partial charge in [-0.15, -0.1) is 0 Å². The van der Waals surface area contributed by atoms with Crippen LogP contribution in [0.2, 0.25) is 0 Å². The number of hydrogen-bond donors (Lipinski definition) is 1. The van der Waals surface area contributed by atoms with Gasteiger partial charge in [-0.25, -0.2) is 0 Å². The summed E-state index contributed by atoms with van der Waals surface area (Å²) < 4.78 is 0. The fourth-order valence-electron chi connectivity index (χ4n) is 1.71. The van der Waals surface area contributed by atoms with Crippen molar-refractivity contribution in [3.05, 3.63) is 0 Å². The molecule has 1 rings (SSSR count). The molecule has 0 aliphatic carbocycles. The Labute approximate surface area is 99.0 Å². The summed E-state index contributed by atoms with van der Waals surface area (Å²) >= 11 is 0. The number of carbonyl (C=O) groups is 1. The molecule has 0 spiro atoms. The lowest BCUT2D eigenvalue weighted by atomic mass is 10.0. The third-order valence-electron chi connectivity index (χ3n) is 3.50. The summed E-state index contributed by atoms with van der Waals surface area (Å²) in [6, 6.07) is 0. The molecule has 1 amide bonds. The number of likely N-dealkylation sites (N-methyl/N-ethyl adjacent to an activating group) is 1. The molecule has 4 nitrogen and oxygen atoms in total. The Balaban J connectivity index is 2.22. The molecule has 16 heavy (non-hydrogen) atoms. The molecule has 1 aliphatic heterocycles. The Morgan fingerprint density at radius 3 is 2.38 bits per heavy atom. The van der Waals surface area contributed by atoms with Crippen molar-refractivity contribution in [1.82, 2.24) is 15.1 Å². The number of nitrogens with one attached hydrogen (secondary N) is 1. The fraction of sp³-hybridized carbons (Fsp3) is 0.917. The average molecular weight is 227 g/mol. The van der Waals surface area contributed by atoms with E-state index in [1.807, 2.05) is 4.90 Å². The van der Waals surface area contributed by atoms with E-state index in [4.69, 9.17) is 0 Å². The highest BCUT2D eigenvalue weighted by Crippen LogP contribution is 2.09. The Kier molecular flexibility index (Phi) is 4.74. The molecule has 1 saturated heterocycles. The van der Waals surface area contributed by atoms with Crippen LogP contribution in [0.15, 0.2) is 0 Å². The Morgan fingerprint density at radius 1 is 1.31 bits per heavy atom. The first-order chi connectivity index (χ1) is 7.43. The smallest absolute Gasteiger partial charge is 0.236 e. The van der Waals surface area contributed by atoms with E-state index in [1.165, 1.54) is 0 Å². The second-order valence-corrected chi connectivity index (χ2v) is 5.40. The molecular weight excluding hydrogens is 202 g/mol. The first-order valence-electron chi connectivity index (χ1n) is 6.09. The lowest BCUT2D eigenvalue weighted by molar-refractivity contribution is -0.129. The first-order valence-corrected chi connectivity index (χ1v) is 6.09. The first kappa shape index (κ1) is 13.5. The molecule has 1 heterocycles. The highest BCUT2D eigenvalue weighted by Gasteiger charge is 2.21. The summed E-state index contributed by atoms with van der Waals surface area (Å²) in [7, 11) is 4.12.